The Morgan fingerprint density at radius 2 is 1.62 bits per heavy atom. The molecule has 2 aliphatic heterocycles. The fourth-order valence-corrected chi connectivity index (χ4v) is 7.01. The third-order valence-electron chi connectivity index (χ3n) is 7.95. The predicted octanol–water partition coefficient (Wildman–Crippen LogP) is 4.47. The van der Waals surface area contributed by atoms with Crippen LogP contribution in [0.15, 0.2) is 83.9 Å². The molecule has 9 heteroatoms. The van der Waals surface area contributed by atoms with E-state index in [1.807, 2.05) is 60.7 Å². The Bertz CT molecular complexity index is 1600. The molecule has 3 heterocycles. The van der Waals surface area contributed by atoms with Crippen LogP contribution < -0.4 is 4.72 Å². The molecular formula is C31H35N5O3S. The molecule has 0 aliphatic carbocycles. The smallest absolute Gasteiger partial charge is 0.241 e. The zero-order valence-electron chi connectivity index (χ0n) is 22.6. The van der Waals surface area contributed by atoms with Gasteiger partial charge in [0.05, 0.1) is 23.2 Å². The Balaban J connectivity index is 1.17. The Morgan fingerprint density at radius 1 is 0.875 bits per heavy atom. The lowest BCUT2D eigenvalue weighted by Crippen LogP contribution is -2.40. The second kappa shape index (κ2) is 11.5. The van der Waals surface area contributed by atoms with Crippen LogP contribution in [0, 0.1) is 0 Å². The minimum atomic E-state index is -3.88. The summed E-state index contributed by atoms with van der Waals surface area (Å²) in [6.45, 7) is 4.76. The number of likely N-dealkylation sites (tertiary alicyclic amines) is 1. The standard InChI is InChI=1S/C31H35N5O3S/c37-31(36-18-17-35-22-27(32-30(35)23-36)21-34-15-7-2-8-16-34)20-29(25-10-3-1-4-11-25)33-40(38,39)28-14-13-24-9-5-6-12-26(24)19-28/h1,3-6,9-14,19,22,29,33H,2,7-8,15-18,20-21,23H2/t29-/m1/s1. The number of piperidine rings is 1. The van der Waals surface area contributed by atoms with E-state index < -0.39 is 16.1 Å². The molecule has 0 saturated carbocycles. The van der Waals surface area contributed by atoms with Crippen LogP contribution in [-0.4, -0.2) is 53.3 Å². The molecular weight excluding hydrogens is 522 g/mol. The Morgan fingerprint density at radius 3 is 2.42 bits per heavy atom. The second-order valence-corrected chi connectivity index (χ2v) is 12.5. The van der Waals surface area contributed by atoms with Crippen LogP contribution in [0.25, 0.3) is 10.8 Å². The molecule has 1 saturated heterocycles. The number of hydrogen-bond donors (Lipinski definition) is 1. The maximum Gasteiger partial charge on any atom is 0.241 e. The quantitative estimate of drug-likeness (QED) is 0.345. The number of sulfonamides is 1. The van der Waals surface area contributed by atoms with Crippen molar-refractivity contribution >= 4 is 26.7 Å². The van der Waals surface area contributed by atoms with Crippen molar-refractivity contribution in [2.45, 2.75) is 56.3 Å². The molecule has 0 unspecified atom stereocenters. The van der Waals surface area contributed by atoms with Crippen LogP contribution in [0.2, 0.25) is 0 Å². The van der Waals surface area contributed by atoms with Gasteiger partial charge >= 0.3 is 0 Å². The lowest BCUT2D eigenvalue weighted by molar-refractivity contribution is -0.133. The average molecular weight is 558 g/mol. The molecule has 1 atom stereocenters. The highest BCUT2D eigenvalue weighted by Crippen LogP contribution is 2.25. The van der Waals surface area contributed by atoms with E-state index in [1.165, 1.54) is 19.3 Å². The first-order valence-corrected chi connectivity index (χ1v) is 15.5. The topological polar surface area (TPSA) is 87.5 Å². The number of imidazole rings is 1. The van der Waals surface area contributed by atoms with E-state index in [2.05, 4.69) is 20.4 Å². The molecule has 40 heavy (non-hydrogen) atoms. The van der Waals surface area contributed by atoms with Crippen LogP contribution in [0.1, 0.15) is 48.8 Å². The highest BCUT2D eigenvalue weighted by Gasteiger charge is 2.28. The number of nitrogens with zero attached hydrogens (tertiary/aromatic N) is 4. The number of hydrogen-bond acceptors (Lipinski definition) is 5. The molecule has 1 fully saturated rings. The number of carbonyl (C=O) groups is 1. The lowest BCUT2D eigenvalue weighted by Gasteiger charge is -2.29. The predicted molar refractivity (Wildman–Crippen MR) is 155 cm³/mol. The number of carbonyl (C=O) groups excluding carboxylic acids is 1. The first-order chi connectivity index (χ1) is 19.4. The van der Waals surface area contributed by atoms with Gasteiger partial charge in [0.2, 0.25) is 15.9 Å². The van der Waals surface area contributed by atoms with Gasteiger partial charge in [0.15, 0.2) is 0 Å². The summed E-state index contributed by atoms with van der Waals surface area (Å²) in [7, 11) is -3.88. The maximum absolute atomic E-state index is 13.6. The molecule has 1 N–H and O–H groups in total. The van der Waals surface area contributed by atoms with Crippen LogP contribution in [0.3, 0.4) is 0 Å². The number of benzene rings is 3. The molecule has 208 valence electrons. The molecule has 0 radical (unpaired) electrons. The van der Waals surface area contributed by atoms with Crippen molar-refractivity contribution < 1.29 is 13.2 Å². The van der Waals surface area contributed by atoms with Crippen LogP contribution >= 0.6 is 0 Å². The van der Waals surface area contributed by atoms with Crippen molar-refractivity contribution in [2.75, 3.05) is 19.6 Å². The van der Waals surface area contributed by atoms with Gasteiger partial charge in [-0.25, -0.2) is 18.1 Å². The molecule has 1 amide bonds. The third kappa shape index (κ3) is 5.96. The Kier molecular flexibility index (Phi) is 7.69. The van der Waals surface area contributed by atoms with Crippen molar-refractivity contribution in [3.05, 3.63) is 96.1 Å². The van der Waals surface area contributed by atoms with E-state index in [9.17, 15) is 13.2 Å². The second-order valence-electron chi connectivity index (χ2n) is 10.8. The molecule has 2 aliphatic rings. The van der Waals surface area contributed by atoms with Gasteiger partial charge in [0.25, 0.3) is 0 Å². The summed E-state index contributed by atoms with van der Waals surface area (Å²) in [6.07, 6.45) is 5.93. The van der Waals surface area contributed by atoms with Crippen molar-refractivity contribution in [3.8, 4) is 0 Å². The van der Waals surface area contributed by atoms with Crippen molar-refractivity contribution in [1.29, 1.82) is 0 Å². The number of amides is 1. The van der Waals surface area contributed by atoms with Gasteiger partial charge in [-0.1, -0.05) is 67.1 Å². The van der Waals surface area contributed by atoms with Gasteiger partial charge < -0.3 is 9.47 Å². The van der Waals surface area contributed by atoms with E-state index in [0.29, 0.717) is 19.6 Å². The van der Waals surface area contributed by atoms with E-state index in [1.54, 1.807) is 17.0 Å². The Hall–Kier alpha value is -3.53. The van der Waals surface area contributed by atoms with E-state index in [4.69, 9.17) is 4.98 Å². The third-order valence-corrected chi connectivity index (χ3v) is 9.42. The summed E-state index contributed by atoms with van der Waals surface area (Å²) in [5, 5.41) is 1.82. The molecule has 0 bridgehead atoms. The molecule has 8 nitrogen and oxygen atoms in total. The summed E-state index contributed by atoms with van der Waals surface area (Å²) in [5.74, 6) is 0.793. The average Bonchev–Trinajstić information content (AvgIpc) is 3.39. The fraction of sp³-hybridized carbons (Fsp3) is 0.355. The summed E-state index contributed by atoms with van der Waals surface area (Å²) < 4.78 is 32.0. The van der Waals surface area contributed by atoms with E-state index in [-0.39, 0.29) is 17.2 Å². The number of aromatic nitrogens is 2. The van der Waals surface area contributed by atoms with Crippen LogP contribution in [0.5, 0.6) is 0 Å². The normalized spacial score (nSPS) is 17.1. The van der Waals surface area contributed by atoms with Gasteiger partial charge in [-0.2, -0.15) is 0 Å². The van der Waals surface area contributed by atoms with Gasteiger partial charge in [0, 0.05) is 32.3 Å². The zero-order valence-corrected chi connectivity index (χ0v) is 23.4. The minimum Gasteiger partial charge on any atom is -0.333 e. The molecule has 1 aromatic heterocycles. The SMILES string of the molecule is O=C(C[C@@H](NS(=O)(=O)c1ccc2ccccc2c1)c1ccccc1)N1CCn2cc(CN3CCCCC3)nc2C1. The number of nitrogens with one attached hydrogen (secondary N) is 1. The van der Waals surface area contributed by atoms with Crippen LogP contribution in [-0.2, 0) is 34.5 Å². The highest BCUT2D eigenvalue weighted by molar-refractivity contribution is 7.89. The van der Waals surface area contributed by atoms with E-state index in [0.717, 1.165) is 47.5 Å². The highest BCUT2D eigenvalue weighted by atomic mass is 32.2. The molecule has 6 rings (SSSR count). The monoisotopic (exact) mass is 557 g/mol. The van der Waals surface area contributed by atoms with Gasteiger partial charge in [-0.05, 0) is 54.4 Å². The zero-order chi connectivity index (χ0) is 27.5. The molecule has 0 spiro atoms. The number of fused-ring (bicyclic) bond motifs is 2. The van der Waals surface area contributed by atoms with Crippen molar-refractivity contribution in [3.63, 3.8) is 0 Å². The lowest BCUT2D eigenvalue weighted by atomic mass is 10.0. The van der Waals surface area contributed by atoms with Crippen molar-refractivity contribution in [1.82, 2.24) is 24.1 Å². The summed E-state index contributed by atoms with van der Waals surface area (Å²) in [4.78, 5) is 22.8. The van der Waals surface area contributed by atoms with Crippen LogP contribution in [0.4, 0.5) is 0 Å². The van der Waals surface area contributed by atoms with Crippen molar-refractivity contribution in [2.24, 2.45) is 0 Å². The number of rotatable bonds is 8. The van der Waals surface area contributed by atoms with Gasteiger partial charge in [-0.15, -0.1) is 0 Å². The Labute approximate surface area is 235 Å². The molecule has 4 aromatic rings. The minimum absolute atomic E-state index is 0.0260. The fourth-order valence-electron chi connectivity index (χ4n) is 5.75. The summed E-state index contributed by atoms with van der Waals surface area (Å²) in [5.41, 5.74) is 1.80. The summed E-state index contributed by atoms with van der Waals surface area (Å²) in [6, 6.07) is 21.4. The van der Waals surface area contributed by atoms with E-state index >= 15 is 0 Å². The largest absolute Gasteiger partial charge is 0.333 e. The van der Waals surface area contributed by atoms with Gasteiger partial charge in [0.1, 0.15) is 5.82 Å². The first kappa shape index (κ1) is 26.7. The van der Waals surface area contributed by atoms with Gasteiger partial charge in [-0.3, -0.25) is 9.69 Å². The maximum atomic E-state index is 13.6. The molecule has 3 aromatic carbocycles. The first-order valence-electron chi connectivity index (χ1n) is 14.1. The summed E-state index contributed by atoms with van der Waals surface area (Å²) >= 11 is 0.